The van der Waals surface area contributed by atoms with Crippen LogP contribution in [0.25, 0.3) is 0 Å². The van der Waals surface area contributed by atoms with Crippen LogP contribution in [0.2, 0.25) is 0 Å². The quantitative estimate of drug-likeness (QED) is 0.154. The topological polar surface area (TPSA) is 162 Å². The van der Waals surface area contributed by atoms with Crippen molar-refractivity contribution < 1.29 is 38.1 Å². The van der Waals surface area contributed by atoms with Gasteiger partial charge in [-0.25, -0.2) is 14.0 Å². The number of nitrogens with zero attached hydrogens (tertiary/aromatic N) is 4. The zero-order valence-electron chi connectivity index (χ0n) is 22.6. The lowest BCUT2D eigenvalue weighted by Gasteiger charge is -2.43. The van der Waals surface area contributed by atoms with E-state index in [9.17, 15) is 39.0 Å². The summed E-state index contributed by atoms with van der Waals surface area (Å²) in [4.78, 5) is 62.1. The van der Waals surface area contributed by atoms with Crippen molar-refractivity contribution in [1.82, 2.24) is 9.80 Å². The van der Waals surface area contributed by atoms with Crippen molar-refractivity contribution in [2.24, 2.45) is 5.92 Å². The highest BCUT2D eigenvalue weighted by Gasteiger charge is 2.58. The van der Waals surface area contributed by atoms with Crippen LogP contribution < -0.4 is 0 Å². The van der Waals surface area contributed by atoms with Crippen molar-refractivity contribution in [1.29, 1.82) is 0 Å². The smallest absolute Gasteiger partial charge is 0.410 e. The first-order valence-corrected chi connectivity index (χ1v) is 14.9. The Bertz CT molecular complexity index is 1490. The number of nitro benzene ring substituents is 2. The number of β-lactam (4-membered cyclic amide) rings is 1. The van der Waals surface area contributed by atoms with Crippen LogP contribution in [0, 0.1) is 26.1 Å². The number of fused-ring (bicyclic) bond motifs is 1. The molecule has 4 atom stereocenters. The molecule has 2 aromatic carbocycles. The molecule has 0 radical (unpaired) electrons. The van der Waals surface area contributed by atoms with Crippen LogP contribution in [0.1, 0.15) is 24.5 Å². The van der Waals surface area contributed by atoms with Crippen LogP contribution in [-0.4, -0.2) is 67.5 Å². The Labute approximate surface area is 252 Å². The Morgan fingerprint density at radius 2 is 1.58 bits per heavy atom. The molecular weight excluding hydrogens is 607 g/mol. The van der Waals surface area contributed by atoms with Gasteiger partial charge in [-0.1, -0.05) is 11.8 Å². The highest BCUT2D eigenvalue weighted by Crippen LogP contribution is 2.55. The van der Waals surface area contributed by atoms with Crippen LogP contribution in [0.4, 0.5) is 20.6 Å². The van der Waals surface area contributed by atoms with E-state index in [2.05, 4.69) is 0 Å². The van der Waals surface area contributed by atoms with Gasteiger partial charge in [-0.2, -0.15) is 0 Å². The largest absolute Gasteiger partial charge is 0.456 e. The first-order chi connectivity index (χ1) is 20.5. The number of halogens is 1. The van der Waals surface area contributed by atoms with E-state index in [0.29, 0.717) is 34.9 Å². The standard InChI is InChI=1S/C27H25FN4O9S2/c1-15(28)21-23(33)30-22(25(34)40-13-16-2-6-18(7-3-16)31(36)37)26(43-24(21)30)42-20-10-11-29(12-20)27(35)41-14-17-4-8-19(9-5-17)32(38)39/h2-9,15,20-21,24H,10-14H2,1H3/t15-,20-,21-,24+/m0/s1. The second-order valence-electron chi connectivity index (χ2n) is 10.0. The fourth-order valence-electron chi connectivity index (χ4n) is 4.83. The van der Waals surface area contributed by atoms with E-state index in [4.69, 9.17) is 9.47 Å². The average molecular weight is 633 g/mol. The Balaban J connectivity index is 1.22. The molecule has 226 valence electrons. The lowest BCUT2D eigenvalue weighted by atomic mass is 9.93. The molecule has 0 bridgehead atoms. The van der Waals surface area contributed by atoms with E-state index in [1.165, 1.54) is 88.8 Å². The molecule has 0 aromatic heterocycles. The summed E-state index contributed by atoms with van der Waals surface area (Å²) in [7, 11) is 0. The van der Waals surface area contributed by atoms with E-state index in [0.717, 1.165) is 0 Å². The van der Waals surface area contributed by atoms with Gasteiger partial charge in [0.05, 0.1) is 20.0 Å². The number of esters is 1. The molecule has 0 aliphatic carbocycles. The number of hydrogen-bond donors (Lipinski definition) is 0. The summed E-state index contributed by atoms with van der Waals surface area (Å²) in [6.07, 6.45) is -1.38. The van der Waals surface area contributed by atoms with Gasteiger partial charge in [0.25, 0.3) is 11.4 Å². The van der Waals surface area contributed by atoms with Crippen LogP contribution in [-0.2, 0) is 32.3 Å². The normalized spacial score (nSPS) is 21.7. The number of benzene rings is 2. The Morgan fingerprint density at radius 1 is 1.02 bits per heavy atom. The van der Waals surface area contributed by atoms with Crippen LogP contribution >= 0.6 is 23.5 Å². The number of nitro groups is 2. The summed E-state index contributed by atoms with van der Waals surface area (Å²) in [6, 6.07) is 11.2. The summed E-state index contributed by atoms with van der Waals surface area (Å²) >= 11 is 2.54. The van der Waals surface area contributed by atoms with E-state index >= 15 is 0 Å². The average Bonchev–Trinajstić information content (AvgIpc) is 3.57. The molecule has 43 heavy (non-hydrogen) atoms. The van der Waals surface area contributed by atoms with Crippen molar-refractivity contribution in [3.63, 3.8) is 0 Å². The van der Waals surface area contributed by atoms with Gasteiger partial charge in [-0.15, -0.1) is 11.8 Å². The molecule has 2 saturated heterocycles. The third kappa shape index (κ3) is 6.44. The Hall–Kier alpha value is -4.18. The van der Waals surface area contributed by atoms with Crippen molar-refractivity contribution in [2.45, 2.75) is 43.4 Å². The van der Waals surface area contributed by atoms with Crippen molar-refractivity contribution >= 4 is 52.9 Å². The van der Waals surface area contributed by atoms with Crippen molar-refractivity contribution in [3.8, 4) is 0 Å². The summed E-state index contributed by atoms with van der Waals surface area (Å²) in [5.41, 5.74) is 0.967. The molecule has 2 amide bonds. The van der Waals surface area contributed by atoms with Gasteiger partial charge in [0, 0.05) is 42.6 Å². The van der Waals surface area contributed by atoms with Crippen LogP contribution in [0.15, 0.2) is 58.5 Å². The summed E-state index contributed by atoms with van der Waals surface area (Å²) < 4.78 is 25.5. The fraction of sp³-hybridized carbons (Fsp3) is 0.370. The van der Waals surface area contributed by atoms with Gasteiger partial charge in [-0.3, -0.25) is 29.9 Å². The predicted molar refractivity (Wildman–Crippen MR) is 153 cm³/mol. The van der Waals surface area contributed by atoms with E-state index < -0.39 is 45.3 Å². The molecule has 5 rings (SSSR count). The third-order valence-corrected chi connectivity index (χ3v) is 9.99. The van der Waals surface area contributed by atoms with Gasteiger partial charge < -0.3 is 14.4 Å². The highest BCUT2D eigenvalue weighted by molar-refractivity contribution is 8.23. The minimum atomic E-state index is -1.41. The van der Waals surface area contributed by atoms with Crippen LogP contribution in [0.5, 0.6) is 0 Å². The number of non-ortho nitro benzene ring substituents is 2. The molecule has 13 nitrogen and oxygen atoms in total. The van der Waals surface area contributed by atoms with Crippen LogP contribution in [0.3, 0.4) is 0 Å². The summed E-state index contributed by atoms with van der Waals surface area (Å²) in [6.45, 7) is 1.76. The molecule has 0 unspecified atom stereocenters. The lowest BCUT2D eigenvalue weighted by molar-refractivity contribution is -0.385. The molecule has 0 saturated carbocycles. The number of likely N-dealkylation sites (tertiary alicyclic amines) is 1. The van der Waals surface area contributed by atoms with Gasteiger partial charge >= 0.3 is 12.1 Å². The fourth-order valence-corrected chi connectivity index (χ4v) is 8.13. The number of carbonyl (C=O) groups excluding carboxylic acids is 3. The molecule has 2 aromatic rings. The van der Waals surface area contributed by atoms with Gasteiger partial charge in [0.15, 0.2) is 5.70 Å². The maximum Gasteiger partial charge on any atom is 0.410 e. The van der Waals surface area contributed by atoms with E-state index in [-0.39, 0.29) is 35.5 Å². The molecule has 16 heteroatoms. The molecule has 0 N–H and O–H groups in total. The number of ether oxygens (including phenoxy) is 2. The molecular formula is C27H25FN4O9S2. The highest BCUT2D eigenvalue weighted by atomic mass is 32.2. The molecule has 3 aliphatic heterocycles. The van der Waals surface area contributed by atoms with Gasteiger partial charge in [0.1, 0.15) is 24.8 Å². The molecule has 3 heterocycles. The predicted octanol–water partition coefficient (Wildman–Crippen LogP) is 4.75. The summed E-state index contributed by atoms with van der Waals surface area (Å²) in [5.74, 6) is -2.17. The van der Waals surface area contributed by atoms with Gasteiger partial charge in [-0.05, 0) is 48.7 Å². The number of alkyl halides is 1. The molecule has 3 aliphatic rings. The number of thioether (sulfide) groups is 2. The lowest BCUT2D eigenvalue weighted by Crippen LogP contribution is -2.60. The molecule has 2 fully saturated rings. The Morgan fingerprint density at radius 3 is 2.12 bits per heavy atom. The number of carbonyl (C=O) groups is 3. The van der Waals surface area contributed by atoms with Crippen molar-refractivity contribution in [3.05, 3.63) is 89.8 Å². The second kappa shape index (κ2) is 12.6. The van der Waals surface area contributed by atoms with E-state index in [1.54, 1.807) is 0 Å². The molecule has 0 spiro atoms. The maximum atomic E-state index is 14.2. The first-order valence-electron chi connectivity index (χ1n) is 13.1. The second-order valence-corrected chi connectivity index (χ2v) is 12.7. The van der Waals surface area contributed by atoms with Gasteiger partial charge in [0.2, 0.25) is 5.91 Å². The zero-order valence-corrected chi connectivity index (χ0v) is 24.3. The first kappa shape index (κ1) is 30.3. The van der Waals surface area contributed by atoms with Crippen molar-refractivity contribution in [2.75, 3.05) is 13.1 Å². The Kier molecular flexibility index (Phi) is 8.87. The minimum absolute atomic E-state index is 0.0306. The number of amides is 2. The number of rotatable bonds is 10. The maximum absolute atomic E-state index is 14.2. The van der Waals surface area contributed by atoms with E-state index in [1.807, 2.05) is 0 Å². The zero-order chi connectivity index (χ0) is 30.8. The number of hydrogen-bond acceptors (Lipinski definition) is 11. The SMILES string of the molecule is C[C@H](F)[C@H]1C(=O)N2C(C(=O)OCc3ccc([N+](=O)[O-])cc3)=C(S[C@H]3CCN(C(=O)OCc4ccc([N+](=O)[O-])cc4)C3)S[C@H]12. The summed E-state index contributed by atoms with van der Waals surface area (Å²) in [5, 5.41) is 21.0. The monoisotopic (exact) mass is 632 g/mol. The minimum Gasteiger partial charge on any atom is -0.456 e. The third-order valence-electron chi connectivity index (χ3n) is 7.14.